The minimum absolute atomic E-state index is 0. The van der Waals surface area contributed by atoms with Gasteiger partial charge in [0.2, 0.25) is 0 Å². The van der Waals surface area contributed by atoms with E-state index in [1.54, 1.807) is 0 Å². The molecule has 0 fully saturated rings. The maximum atomic E-state index is 8.52. The van der Waals surface area contributed by atoms with E-state index < -0.39 is 31.2 Å². The Bertz CT molecular complexity index is 341. The third kappa shape index (κ3) is 3570. The van der Waals surface area contributed by atoms with E-state index in [-0.39, 0.29) is 43.4 Å². The maximum absolute atomic E-state index is 8.52. The van der Waals surface area contributed by atoms with Crippen LogP contribution in [0.25, 0.3) is 0 Å². The van der Waals surface area contributed by atoms with Gasteiger partial charge in [-0.25, -0.2) is 0 Å². The van der Waals surface area contributed by atoms with Gasteiger partial charge in [-0.1, -0.05) is 0 Å². The fourth-order valence-electron chi connectivity index (χ4n) is 0. The second-order valence-corrected chi connectivity index (χ2v) is 3.67. The summed E-state index contributed by atoms with van der Waals surface area (Å²) < 4.78 is 102. The van der Waals surface area contributed by atoms with E-state index >= 15 is 0 Å². The molecule has 0 bridgehead atoms. The second-order valence-electron chi connectivity index (χ2n) is 1.22. The molecule has 0 N–H and O–H groups in total. The molecule has 0 saturated carbocycles. The summed E-state index contributed by atoms with van der Waals surface area (Å²) in [6, 6.07) is 0. The fourth-order valence-corrected chi connectivity index (χ4v) is 0. The van der Waals surface area contributed by atoms with Crippen LogP contribution in [-0.4, -0.2) is 52.6 Å². The number of hydrogen-bond donors (Lipinski definition) is 0. The summed E-state index contributed by atoms with van der Waals surface area (Å²) in [5, 5.41) is 0. The third-order valence-electron chi connectivity index (χ3n) is 0. The smallest absolute Gasteiger partial charge is 0.0311 e. The summed E-state index contributed by atoms with van der Waals surface area (Å²) in [6.07, 6.45) is 0. The first-order chi connectivity index (χ1) is 6.00. The van der Waals surface area contributed by atoms with E-state index in [1.165, 1.54) is 0 Å². The van der Waals surface area contributed by atoms with Crippen LogP contribution in [-0.2, 0) is 74.6 Å². The van der Waals surface area contributed by atoms with Gasteiger partial charge in [0.1, 0.15) is 0 Å². The zero-order valence-corrected chi connectivity index (χ0v) is 12.7. The third-order valence-corrected chi connectivity index (χ3v) is 0. The van der Waals surface area contributed by atoms with Crippen molar-refractivity contribution in [3.05, 3.63) is 0 Å². The van der Waals surface area contributed by atoms with Crippen molar-refractivity contribution in [3.8, 4) is 0 Å². The van der Waals surface area contributed by atoms with Crippen molar-refractivity contribution in [1.29, 1.82) is 0 Å². The van der Waals surface area contributed by atoms with Crippen molar-refractivity contribution in [2.45, 2.75) is 0 Å². The quantitative estimate of drug-likeness (QED) is 0.220. The molecule has 12 nitrogen and oxygen atoms in total. The van der Waals surface area contributed by atoms with E-state index in [9.17, 15) is 0 Å². The van der Waals surface area contributed by atoms with Gasteiger partial charge < -0.3 is 27.3 Å². The van der Waals surface area contributed by atoms with Crippen LogP contribution >= 0.6 is 0 Å². The maximum Gasteiger partial charge on any atom is 0.0311 e. The molecule has 0 rings (SSSR count). The molecule has 0 aliphatic carbocycles. The van der Waals surface area contributed by atoms with E-state index in [0.29, 0.717) is 0 Å². The Balaban J connectivity index is -0.0000000400. The Hall–Kier alpha value is 1.04. The zero-order chi connectivity index (χ0) is 13.5. The molecule has 0 aromatic rings. The summed E-state index contributed by atoms with van der Waals surface area (Å²) in [6.45, 7) is 0. The topological polar surface area (TPSA) is 241 Å². The van der Waals surface area contributed by atoms with Gasteiger partial charge in [0, 0.05) is 74.6 Å². The molecule has 0 heterocycles. The molecule has 0 aliphatic heterocycles. The standard InChI is InChI=1S/3H2O4S.2Ti/c3*1-5(2,3)4;;/h3*(H2,1,2,3,4);;/p-6. The van der Waals surface area contributed by atoms with Gasteiger partial charge in [-0.05, 0) is 0 Å². The second kappa shape index (κ2) is 12.1. The van der Waals surface area contributed by atoms with Gasteiger partial charge >= 0.3 is 0 Å². The Kier molecular flexibility index (Phi) is 21.9. The zero-order valence-electron chi connectivity index (χ0n) is 7.12. The van der Waals surface area contributed by atoms with Gasteiger partial charge in [0.05, 0.1) is 0 Å². The Morgan fingerprint density at radius 2 is 0.412 bits per heavy atom. The largest absolute Gasteiger partial charge is 0.759 e. The van der Waals surface area contributed by atoms with Gasteiger partial charge in [-0.15, -0.1) is 0 Å². The number of hydrogen-bond acceptors (Lipinski definition) is 12. The Labute approximate surface area is 126 Å². The molecule has 0 aromatic carbocycles. The van der Waals surface area contributed by atoms with Crippen molar-refractivity contribution < 1.29 is 96.0 Å². The first-order valence-corrected chi connectivity index (χ1v) is 6.00. The molecule has 104 valence electrons. The van der Waals surface area contributed by atoms with Crippen molar-refractivity contribution in [2.24, 2.45) is 0 Å². The molecule has 17 heteroatoms. The molecule has 0 saturated heterocycles. The fraction of sp³-hybridized carbons (Fsp3) is 0. The number of rotatable bonds is 0. The molecule has 0 amide bonds. The first kappa shape index (κ1) is 30.8. The average molecular weight is 384 g/mol. The predicted molar refractivity (Wildman–Crippen MR) is 31.4 cm³/mol. The van der Waals surface area contributed by atoms with E-state index in [0.717, 1.165) is 0 Å². The van der Waals surface area contributed by atoms with Gasteiger partial charge in [-0.2, -0.15) is 0 Å². The molecule has 0 spiro atoms. The van der Waals surface area contributed by atoms with Crippen LogP contribution in [0.4, 0.5) is 0 Å². The van der Waals surface area contributed by atoms with Crippen LogP contribution in [0.5, 0.6) is 0 Å². The molecule has 0 radical (unpaired) electrons. The molecule has 17 heavy (non-hydrogen) atoms. The van der Waals surface area contributed by atoms with Crippen LogP contribution in [0.3, 0.4) is 0 Å². The van der Waals surface area contributed by atoms with Crippen LogP contribution in [0.2, 0.25) is 0 Å². The van der Waals surface area contributed by atoms with Gasteiger partial charge in [0.25, 0.3) is 0 Å². The minimum Gasteiger partial charge on any atom is -0.759 e. The van der Waals surface area contributed by atoms with Crippen molar-refractivity contribution in [3.63, 3.8) is 0 Å². The van der Waals surface area contributed by atoms with Gasteiger partial charge in [0.15, 0.2) is 0 Å². The normalized spacial score (nSPS) is 10.2. The van der Waals surface area contributed by atoms with E-state index in [1.807, 2.05) is 0 Å². The molecule has 0 aromatic heterocycles. The Morgan fingerprint density at radius 1 is 0.412 bits per heavy atom. The summed E-state index contributed by atoms with van der Waals surface area (Å²) in [4.78, 5) is 0. The van der Waals surface area contributed by atoms with Crippen molar-refractivity contribution >= 4 is 31.2 Å². The summed E-state index contributed by atoms with van der Waals surface area (Å²) in [7, 11) is -15.5. The average Bonchev–Trinajstić information content (AvgIpc) is 1.41. The minimum atomic E-state index is -5.17. The van der Waals surface area contributed by atoms with Crippen LogP contribution in [0.1, 0.15) is 0 Å². The van der Waals surface area contributed by atoms with Crippen LogP contribution in [0.15, 0.2) is 0 Å². The van der Waals surface area contributed by atoms with E-state index in [2.05, 4.69) is 0 Å². The summed E-state index contributed by atoms with van der Waals surface area (Å²) >= 11 is 0. The van der Waals surface area contributed by atoms with Crippen LogP contribution < -0.4 is 0 Å². The molecule has 0 unspecified atom stereocenters. The molecular formula is O12S3Ti2-6. The molecular weight excluding hydrogens is 384 g/mol. The van der Waals surface area contributed by atoms with Crippen molar-refractivity contribution in [2.75, 3.05) is 0 Å². The van der Waals surface area contributed by atoms with Crippen LogP contribution in [0, 0.1) is 0 Å². The molecule has 0 atom stereocenters. The first-order valence-electron chi connectivity index (χ1n) is 2.00. The summed E-state index contributed by atoms with van der Waals surface area (Å²) in [5.74, 6) is 0. The predicted octanol–water partition coefficient (Wildman–Crippen LogP) is -4.02. The summed E-state index contributed by atoms with van der Waals surface area (Å²) in [5.41, 5.74) is 0. The van der Waals surface area contributed by atoms with Crippen molar-refractivity contribution in [1.82, 2.24) is 0 Å². The molecule has 0 aliphatic rings. The Morgan fingerprint density at radius 3 is 0.412 bits per heavy atom. The SMILES string of the molecule is O=S(=O)([O-])[O-].O=S(=O)([O-])[O-].O=S(=O)([O-])[O-].[Ti].[Ti]. The monoisotopic (exact) mass is 384 g/mol. The van der Waals surface area contributed by atoms with E-state index in [4.69, 9.17) is 52.6 Å². The van der Waals surface area contributed by atoms with Gasteiger partial charge in [-0.3, -0.25) is 25.3 Å².